The fourth-order valence-corrected chi connectivity index (χ4v) is 2.63. The van der Waals surface area contributed by atoms with Crippen LogP contribution in [0.15, 0.2) is 30.3 Å². The lowest BCUT2D eigenvalue weighted by Crippen LogP contribution is -2.46. The Morgan fingerprint density at radius 2 is 2.10 bits per heavy atom. The molecular weight excluding hydrogens is 264 g/mol. The van der Waals surface area contributed by atoms with Gasteiger partial charge < -0.3 is 15.0 Å². The van der Waals surface area contributed by atoms with Crippen molar-refractivity contribution in [1.29, 1.82) is 0 Å². The van der Waals surface area contributed by atoms with E-state index in [4.69, 9.17) is 4.74 Å². The van der Waals surface area contributed by atoms with Crippen LogP contribution in [0.5, 0.6) is 5.75 Å². The van der Waals surface area contributed by atoms with Crippen LogP contribution >= 0.6 is 0 Å². The van der Waals surface area contributed by atoms with Crippen molar-refractivity contribution in [3.63, 3.8) is 0 Å². The molecule has 1 heterocycles. The molecule has 114 valence electrons. The molecule has 1 N–H and O–H groups in total. The predicted octanol–water partition coefficient (Wildman–Crippen LogP) is 2.31. The number of carbonyl (C=O) groups excluding carboxylic acids is 1. The largest absolute Gasteiger partial charge is 0.497 e. The maximum Gasteiger partial charge on any atom is 0.246 e. The topological polar surface area (TPSA) is 41.6 Å². The molecule has 1 fully saturated rings. The highest BCUT2D eigenvalue weighted by Crippen LogP contribution is 2.19. The lowest BCUT2D eigenvalue weighted by molar-refractivity contribution is -0.127. The minimum atomic E-state index is 0.100. The second kappa shape index (κ2) is 7.27. The van der Waals surface area contributed by atoms with Crippen molar-refractivity contribution in [2.45, 2.75) is 25.8 Å². The smallest absolute Gasteiger partial charge is 0.246 e. The number of likely N-dealkylation sites (tertiary alicyclic amines) is 1. The second-order valence-corrected chi connectivity index (χ2v) is 5.47. The summed E-state index contributed by atoms with van der Waals surface area (Å²) in [6.45, 7) is 3.62. The number of nitrogens with zero attached hydrogens (tertiary/aromatic N) is 1. The van der Waals surface area contributed by atoms with Crippen molar-refractivity contribution < 1.29 is 9.53 Å². The Kier molecular flexibility index (Phi) is 5.39. The molecular formula is C17H24N2O2. The number of carbonyl (C=O) groups is 1. The summed E-state index contributed by atoms with van der Waals surface area (Å²) in [6, 6.07) is 8.19. The number of benzene rings is 1. The first-order valence-electron chi connectivity index (χ1n) is 7.43. The summed E-state index contributed by atoms with van der Waals surface area (Å²) in [6.07, 6.45) is 3.94. The maximum atomic E-state index is 12.4. The molecule has 1 aromatic carbocycles. The van der Waals surface area contributed by atoms with Gasteiger partial charge in [-0.3, -0.25) is 4.79 Å². The first-order chi connectivity index (χ1) is 10.1. The molecule has 1 unspecified atom stereocenters. The van der Waals surface area contributed by atoms with E-state index in [0.717, 1.165) is 42.8 Å². The lowest BCUT2D eigenvalue weighted by Gasteiger charge is -2.32. The Balaban J connectivity index is 2.04. The summed E-state index contributed by atoms with van der Waals surface area (Å²) < 4.78 is 5.15. The molecule has 0 radical (unpaired) electrons. The summed E-state index contributed by atoms with van der Waals surface area (Å²) in [7, 11) is 3.60. The normalized spacial score (nSPS) is 19.5. The quantitative estimate of drug-likeness (QED) is 0.865. The molecule has 0 aliphatic carbocycles. The van der Waals surface area contributed by atoms with Crippen LogP contribution in [0.3, 0.4) is 0 Å². The number of ether oxygens (including phenoxy) is 1. The average Bonchev–Trinajstić information content (AvgIpc) is 2.54. The van der Waals surface area contributed by atoms with Crippen LogP contribution in [0, 0.1) is 0 Å². The van der Waals surface area contributed by atoms with E-state index in [1.165, 1.54) is 0 Å². The van der Waals surface area contributed by atoms with Crippen molar-refractivity contribution in [2.75, 3.05) is 27.2 Å². The van der Waals surface area contributed by atoms with Crippen molar-refractivity contribution in [3.05, 3.63) is 35.9 Å². The van der Waals surface area contributed by atoms with Gasteiger partial charge in [0.05, 0.1) is 7.11 Å². The zero-order valence-corrected chi connectivity index (χ0v) is 13.1. The van der Waals surface area contributed by atoms with Crippen LogP contribution < -0.4 is 10.1 Å². The van der Waals surface area contributed by atoms with Gasteiger partial charge in [-0.2, -0.15) is 0 Å². The standard InChI is InChI=1S/C17H24N2O2/c1-13(14-6-8-16(21-3)9-7-14)11-17(20)19-10-4-5-15(12-19)18-2/h6-9,11,15,18H,4-5,10,12H2,1-3H3/b13-11-. The molecule has 1 atom stereocenters. The SMILES string of the molecule is CNC1CCCN(C(=O)/C=C(/C)c2ccc(OC)cc2)C1. The first-order valence-corrected chi connectivity index (χ1v) is 7.43. The Bertz CT molecular complexity index is 508. The van der Waals surface area contributed by atoms with Crippen LogP contribution in [0.1, 0.15) is 25.3 Å². The lowest BCUT2D eigenvalue weighted by atomic mass is 10.0. The van der Waals surface area contributed by atoms with E-state index in [9.17, 15) is 4.79 Å². The summed E-state index contributed by atoms with van der Waals surface area (Å²) in [5, 5.41) is 3.26. The minimum Gasteiger partial charge on any atom is -0.497 e. The van der Waals surface area contributed by atoms with Gasteiger partial charge >= 0.3 is 0 Å². The first kappa shape index (κ1) is 15.6. The van der Waals surface area contributed by atoms with Gasteiger partial charge in [0, 0.05) is 25.2 Å². The van der Waals surface area contributed by atoms with Gasteiger partial charge in [-0.1, -0.05) is 12.1 Å². The molecule has 0 saturated carbocycles. The molecule has 21 heavy (non-hydrogen) atoms. The van der Waals surface area contributed by atoms with Gasteiger partial charge in [-0.25, -0.2) is 0 Å². The van der Waals surface area contributed by atoms with E-state index >= 15 is 0 Å². The van der Waals surface area contributed by atoms with Crippen LogP contribution in [-0.2, 0) is 4.79 Å². The third-order valence-corrected chi connectivity index (χ3v) is 4.03. The minimum absolute atomic E-state index is 0.100. The van der Waals surface area contributed by atoms with E-state index in [1.807, 2.05) is 43.1 Å². The Hall–Kier alpha value is -1.81. The molecule has 1 aliphatic heterocycles. The zero-order valence-electron chi connectivity index (χ0n) is 13.1. The van der Waals surface area contributed by atoms with Crippen LogP contribution in [-0.4, -0.2) is 44.1 Å². The van der Waals surface area contributed by atoms with Gasteiger partial charge in [0.15, 0.2) is 0 Å². The Morgan fingerprint density at radius 3 is 2.71 bits per heavy atom. The third-order valence-electron chi connectivity index (χ3n) is 4.03. The summed E-state index contributed by atoms with van der Waals surface area (Å²) in [5.74, 6) is 0.925. The summed E-state index contributed by atoms with van der Waals surface area (Å²) in [5.41, 5.74) is 2.03. The fraction of sp³-hybridized carbons (Fsp3) is 0.471. The van der Waals surface area contributed by atoms with Crippen LogP contribution in [0.2, 0.25) is 0 Å². The summed E-state index contributed by atoms with van der Waals surface area (Å²) in [4.78, 5) is 14.3. The molecule has 1 aliphatic rings. The Labute approximate surface area is 126 Å². The molecule has 0 bridgehead atoms. The molecule has 4 heteroatoms. The van der Waals surface area contributed by atoms with Gasteiger partial charge in [-0.05, 0) is 50.1 Å². The number of hydrogen-bond donors (Lipinski definition) is 1. The number of piperidine rings is 1. The van der Waals surface area contributed by atoms with Gasteiger partial charge in [0.2, 0.25) is 5.91 Å². The molecule has 2 rings (SSSR count). The number of allylic oxidation sites excluding steroid dienone is 1. The number of methoxy groups -OCH3 is 1. The second-order valence-electron chi connectivity index (χ2n) is 5.47. The molecule has 0 aromatic heterocycles. The van der Waals surface area contributed by atoms with E-state index in [1.54, 1.807) is 13.2 Å². The highest BCUT2D eigenvalue weighted by atomic mass is 16.5. The van der Waals surface area contributed by atoms with Crippen molar-refractivity contribution in [1.82, 2.24) is 10.2 Å². The molecule has 4 nitrogen and oxygen atoms in total. The van der Waals surface area contributed by atoms with Crippen molar-refractivity contribution in [3.8, 4) is 5.75 Å². The highest BCUT2D eigenvalue weighted by molar-refractivity contribution is 5.95. The van der Waals surface area contributed by atoms with Crippen molar-refractivity contribution >= 4 is 11.5 Å². The highest BCUT2D eigenvalue weighted by Gasteiger charge is 2.21. The zero-order chi connectivity index (χ0) is 15.2. The monoisotopic (exact) mass is 288 g/mol. The van der Waals surface area contributed by atoms with E-state index in [2.05, 4.69) is 5.32 Å². The predicted molar refractivity (Wildman–Crippen MR) is 85.3 cm³/mol. The van der Waals surface area contributed by atoms with Gasteiger partial charge in [0.1, 0.15) is 5.75 Å². The number of nitrogens with one attached hydrogen (secondary N) is 1. The molecule has 1 amide bonds. The number of rotatable bonds is 4. The molecule has 0 spiro atoms. The van der Waals surface area contributed by atoms with Gasteiger partial charge in [0.25, 0.3) is 0 Å². The third kappa shape index (κ3) is 4.08. The van der Waals surface area contributed by atoms with Crippen LogP contribution in [0.25, 0.3) is 5.57 Å². The van der Waals surface area contributed by atoms with E-state index in [0.29, 0.717) is 6.04 Å². The fourth-order valence-electron chi connectivity index (χ4n) is 2.63. The average molecular weight is 288 g/mol. The Morgan fingerprint density at radius 1 is 1.38 bits per heavy atom. The summed E-state index contributed by atoms with van der Waals surface area (Å²) >= 11 is 0. The number of amides is 1. The van der Waals surface area contributed by atoms with E-state index in [-0.39, 0.29) is 5.91 Å². The number of hydrogen-bond acceptors (Lipinski definition) is 3. The number of likely N-dealkylation sites (N-methyl/N-ethyl adjacent to an activating group) is 1. The van der Waals surface area contributed by atoms with E-state index < -0.39 is 0 Å². The molecule has 1 saturated heterocycles. The van der Waals surface area contributed by atoms with Crippen molar-refractivity contribution in [2.24, 2.45) is 0 Å². The maximum absolute atomic E-state index is 12.4. The molecule has 1 aromatic rings. The van der Waals surface area contributed by atoms with Gasteiger partial charge in [-0.15, -0.1) is 0 Å². The van der Waals surface area contributed by atoms with Crippen LogP contribution in [0.4, 0.5) is 0 Å².